The van der Waals surface area contributed by atoms with Crippen molar-refractivity contribution in [3.63, 3.8) is 0 Å². The highest BCUT2D eigenvalue weighted by Crippen LogP contribution is 2.29. The molecule has 1 atom stereocenters. The molecule has 1 aliphatic carbocycles. The lowest BCUT2D eigenvalue weighted by Crippen LogP contribution is -2.28. The van der Waals surface area contributed by atoms with Crippen LogP contribution in [0.2, 0.25) is 0 Å². The smallest absolute Gasteiger partial charge is 0.253 e. The van der Waals surface area contributed by atoms with E-state index in [9.17, 15) is 4.79 Å². The Labute approximate surface area is 115 Å². The Bertz CT molecular complexity index is 421. The van der Waals surface area contributed by atoms with Gasteiger partial charge in [0.05, 0.1) is 6.61 Å². The summed E-state index contributed by atoms with van der Waals surface area (Å²) in [6.45, 7) is 6.82. The molecule has 1 aromatic rings. The van der Waals surface area contributed by atoms with Crippen molar-refractivity contribution in [1.82, 2.24) is 0 Å². The number of hydrogen-bond acceptors (Lipinski definition) is 2. The van der Waals surface area contributed by atoms with Crippen LogP contribution >= 0.6 is 0 Å². The van der Waals surface area contributed by atoms with Crippen molar-refractivity contribution in [2.24, 2.45) is 5.92 Å². The van der Waals surface area contributed by atoms with Crippen molar-refractivity contribution >= 4 is 11.6 Å². The first-order valence-electron chi connectivity index (χ1n) is 7.08. The number of carbonyl (C=O) groups excluding carboxylic acids is 1. The average molecular weight is 261 g/mol. The zero-order valence-electron chi connectivity index (χ0n) is 12.0. The number of amides is 1. The van der Waals surface area contributed by atoms with Gasteiger partial charge in [-0.15, -0.1) is 0 Å². The number of carbonyl (C=O) groups is 1. The minimum atomic E-state index is -0.384. The van der Waals surface area contributed by atoms with Crippen LogP contribution < -0.4 is 5.32 Å². The summed E-state index contributed by atoms with van der Waals surface area (Å²) in [7, 11) is 0. The predicted molar refractivity (Wildman–Crippen MR) is 77.3 cm³/mol. The second-order valence-corrected chi connectivity index (χ2v) is 5.68. The van der Waals surface area contributed by atoms with E-state index in [1.807, 2.05) is 12.1 Å². The molecule has 1 unspecified atom stereocenters. The van der Waals surface area contributed by atoms with Crippen molar-refractivity contribution in [2.75, 3.05) is 11.9 Å². The maximum atomic E-state index is 11.9. The van der Waals surface area contributed by atoms with Crippen molar-refractivity contribution < 1.29 is 9.53 Å². The van der Waals surface area contributed by atoms with Gasteiger partial charge in [0.1, 0.15) is 6.10 Å². The standard InChI is InChI=1S/C16H23NO2/c1-11(2)14-6-8-15(9-7-14)17-16(18)12(3)19-10-13-4-5-13/h6-9,11-13H,4-5,10H2,1-3H3,(H,17,18). The zero-order valence-corrected chi connectivity index (χ0v) is 12.0. The van der Waals surface area contributed by atoms with Crippen LogP contribution in [-0.4, -0.2) is 18.6 Å². The van der Waals surface area contributed by atoms with Gasteiger partial charge in [-0.2, -0.15) is 0 Å². The largest absolute Gasteiger partial charge is 0.368 e. The number of rotatable bonds is 6. The molecule has 3 heteroatoms. The zero-order chi connectivity index (χ0) is 13.8. The Morgan fingerprint density at radius 3 is 2.42 bits per heavy atom. The van der Waals surface area contributed by atoms with Crippen LogP contribution in [0.4, 0.5) is 5.69 Å². The molecule has 1 saturated carbocycles. The summed E-state index contributed by atoms with van der Waals surface area (Å²) in [5, 5.41) is 2.89. The number of hydrogen-bond donors (Lipinski definition) is 1. The molecule has 1 aliphatic rings. The molecule has 0 aromatic heterocycles. The number of benzene rings is 1. The second-order valence-electron chi connectivity index (χ2n) is 5.68. The summed E-state index contributed by atoms with van der Waals surface area (Å²) in [5.41, 5.74) is 2.10. The molecule has 0 aliphatic heterocycles. The number of anilines is 1. The quantitative estimate of drug-likeness (QED) is 0.850. The van der Waals surface area contributed by atoms with Gasteiger partial charge in [-0.3, -0.25) is 4.79 Å². The molecule has 0 bridgehead atoms. The van der Waals surface area contributed by atoms with Crippen LogP contribution in [0.1, 0.15) is 45.1 Å². The van der Waals surface area contributed by atoms with Gasteiger partial charge in [-0.05, 0) is 49.3 Å². The van der Waals surface area contributed by atoms with E-state index in [0.717, 1.165) is 5.69 Å². The van der Waals surface area contributed by atoms with Crippen LogP contribution in [0.5, 0.6) is 0 Å². The Balaban J connectivity index is 1.82. The molecule has 19 heavy (non-hydrogen) atoms. The highest BCUT2D eigenvalue weighted by Gasteiger charge is 2.24. The highest BCUT2D eigenvalue weighted by molar-refractivity contribution is 5.93. The summed E-state index contributed by atoms with van der Waals surface area (Å²) >= 11 is 0. The molecular weight excluding hydrogens is 238 g/mol. The van der Waals surface area contributed by atoms with Crippen LogP contribution in [0.25, 0.3) is 0 Å². The molecule has 1 fully saturated rings. The fraction of sp³-hybridized carbons (Fsp3) is 0.562. The van der Waals surface area contributed by atoms with E-state index in [2.05, 4.69) is 31.3 Å². The first kappa shape index (κ1) is 14.1. The molecule has 1 N–H and O–H groups in total. The van der Waals surface area contributed by atoms with Gasteiger partial charge < -0.3 is 10.1 Å². The fourth-order valence-electron chi connectivity index (χ4n) is 1.84. The molecule has 3 nitrogen and oxygen atoms in total. The fourth-order valence-corrected chi connectivity index (χ4v) is 1.84. The molecule has 0 spiro atoms. The van der Waals surface area contributed by atoms with E-state index >= 15 is 0 Å². The molecule has 0 radical (unpaired) electrons. The highest BCUT2D eigenvalue weighted by atomic mass is 16.5. The molecule has 0 heterocycles. The van der Waals surface area contributed by atoms with Gasteiger partial charge in [0, 0.05) is 5.69 Å². The first-order valence-corrected chi connectivity index (χ1v) is 7.08. The molecular formula is C16H23NO2. The molecule has 2 rings (SSSR count). The Morgan fingerprint density at radius 1 is 1.26 bits per heavy atom. The summed E-state index contributed by atoms with van der Waals surface area (Å²) < 4.78 is 5.55. The van der Waals surface area contributed by atoms with Gasteiger partial charge in [0.2, 0.25) is 0 Å². The minimum absolute atomic E-state index is 0.0713. The first-order chi connectivity index (χ1) is 9.06. The Morgan fingerprint density at radius 2 is 1.89 bits per heavy atom. The normalized spacial score (nSPS) is 16.4. The SMILES string of the molecule is CC(OCC1CC1)C(=O)Nc1ccc(C(C)C)cc1. The van der Waals surface area contributed by atoms with Crippen LogP contribution in [0.3, 0.4) is 0 Å². The molecule has 1 aromatic carbocycles. The maximum Gasteiger partial charge on any atom is 0.253 e. The third kappa shape index (κ3) is 4.35. The van der Waals surface area contributed by atoms with E-state index in [1.54, 1.807) is 6.92 Å². The Hall–Kier alpha value is -1.35. The lowest BCUT2D eigenvalue weighted by molar-refractivity contribution is -0.126. The van der Waals surface area contributed by atoms with E-state index in [4.69, 9.17) is 4.74 Å². The summed E-state index contributed by atoms with van der Waals surface area (Å²) in [6.07, 6.45) is 2.10. The van der Waals surface area contributed by atoms with Crippen LogP contribution in [0, 0.1) is 5.92 Å². The number of ether oxygens (including phenoxy) is 1. The van der Waals surface area contributed by atoms with Crippen LogP contribution in [0.15, 0.2) is 24.3 Å². The predicted octanol–water partition coefficient (Wildman–Crippen LogP) is 3.56. The Kier molecular flexibility index (Phi) is 4.59. The van der Waals surface area contributed by atoms with Gasteiger partial charge in [0.25, 0.3) is 5.91 Å². The summed E-state index contributed by atoms with van der Waals surface area (Å²) in [5.74, 6) is 1.11. The average Bonchev–Trinajstić information content (AvgIpc) is 3.20. The number of nitrogens with one attached hydrogen (secondary N) is 1. The van der Waals surface area contributed by atoms with Gasteiger partial charge in [0.15, 0.2) is 0 Å². The van der Waals surface area contributed by atoms with E-state index in [1.165, 1.54) is 18.4 Å². The summed E-state index contributed by atoms with van der Waals surface area (Å²) in [6, 6.07) is 7.99. The van der Waals surface area contributed by atoms with Gasteiger partial charge in [-0.1, -0.05) is 26.0 Å². The third-order valence-electron chi connectivity index (χ3n) is 3.49. The summed E-state index contributed by atoms with van der Waals surface area (Å²) in [4.78, 5) is 11.9. The van der Waals surface area contributed by atoms with Gasteiger partial charge in [-0.25, -0.2) is 0 Å². The van der Waals surface area contributed by atoms with Crippen molar-refractivity contribution in [1.29, 1.82) is 0 Å². The minimum Gasteiger partial charge on any atom is -0.368 e. The monoisotopic (exact) mass is 261 g/mol. The maximum absolute atomic E-state index is 11.9. The lowest BCUT2D eigenvalue weighted by atomic mass is 10.0. The topological polar surface area (TPSA) is 38.3 Å². The van der Waals surface area contributed by atoms with E-state index in [0.29, 0.717) is 18.4 Å². The van der Waals surface area contributed by atoms with Crippen molar-refractivity contribution in [2.45, 2.75) is 45.6 Å². The van der Waals surface area contributed by atoms with Gasteiger partial charge >= 0.3 is 0 Å². The third-order valence-corrected chi connectivity index (χ3v) is 3.49. The van der Waals surface area contributed by atoms with Crippen molar-refractivity contribution in [3.05, 3.63) is 29.8 Å². The van der Waals surface area contributed by atoms with Crippen LogP contribution in [-0.2, 0) is 9.53 Å². The second kappa shape index (κ2) is 6.20. The van der Waals surface area contributed by atoms with E-state index in [-0.39, 0.29) is 12.0 Å². The van der Waals surface area contributed by atoms with E-state index < -0.39 is 0 Å². The molecule has 1 amide bonds. The molecule has 0 saturated heterocycles. The van der Waals surface area contributed by atoms with Crippen molar-refractivity contribution in [3.8, 4) is 0 Å². The lowest BCUT2D eigenvalue weighted by Gasteiger charge is -2.13. The molecule has 104 valence electrons.